The Morgan fingerprint density at radius 3 is 1.64 bits per heavy atom. The lowest BCUT2D eigenvalue weighted by atomic mass is 10.0. The molecule has 0 heterocycles. The molecule has 0 bridgehead atoms. The summed E-state index contributed by atoms with van der Waals surface area (Å²) in [6.07, 6.45) is 38.8. The summed E-state index contributed by atoms with van der Waals surface area (Å²) in [5.41, 5.74) is 5.33. The zero-order valence-corrected chi connectivity index (χ0v) is 32.8. The van der Waals surface area contributed by atoms with E-state index in [2.05, 4.69) is 50.3 Å². The second kappa shape index (κ2) is 37.0. The Bertz CT molecular complexity index is 923. The van der Waals surface area contributed by atoms with Gasteiger partial charge in [-0.2, -0.15) is 0 Å². The highest BCUT2D eigenvalue weighted by Gasteiger charge is 2.25. The minimum atomic E-state index is -4.37. The first-order chi connectivity index (χ1) is 24.3. The molecule has 9 nitrogen and oxygen atoms in total. The first-order valence-electron chi connectivity index (χ1n) is 20.0. The summed E-state index contributed by atoms with van der Waals surface area (Å²) in [6.45, 7) is 3.60. The van der Waals surface area contributed by atoms with Crippen LogP contribution in [0.3, 0.4) is 0 Å². The summed E-state index contributed by atoms with van der Waals surface area (Å²) in [4.78, 5) is 34.8. The van der Waals surface area contributed by atoms with Gasteiger partial charge >= 0.3 is 19.8 Å². The number of carbonyl (C=O) groups is 2. The van der Waals surface area contributed by atoms with E-state index in [4.69, 9.17) is 24.3 Å². The van der Waals surface area contributed by atoms with Crippen LogP contribution in [0.4, 0.5) is 0 Å². The van der Waals surface area contributed by atoms with Gasteiger partial charge in [-0.05, 0) is 44.9 Å². The molecule has 0 aliphatic rings. The molecule has 0 saturated heterocycles. The number of nitrogens with two attached hydrogens (primary N) is 1. The van der Waals surface area contributed by atoms with Crippen LogP contribution in [0.25, 0.3) is 0 Å². The van der Waals surface area contributed by atoms with Gasteiger partial charge in [0.25, 0.3) is 0 Å². The van der Waals surface area contributed by atoms with Gasteiger partial charge in [0.15, 0.2) is 6.10 Å². The van der Waals surface area contributed by atoms with E-state index in [0.29, 0.717) is 12.8 Å². The second-order valence-corrected chi connectivity index (χ2v) is 14.6. The van der Waals surface area contributed by atoms with Gasteiger partial charge in [0.05, 0.1) is 13.2 Å². The minimum absolute atomic E-state index is 0.0512. The van der Waals surface area contributed by atoms with E-state index in [0.717, 1.165) is 64.2 Å². The number of allylic oxidation sites excluding steroid dienone is 6. The van der Waals surface area contributed by atoms with E-state index in [1.807, 2.05) is 0 Å². The molecule has 0 spiro atoms. The number of carbonyl (C=O) groups excluding carboxylic acids is 2. The van der Waals surface area contributed by atoms with Gasteiger partial charge in [-0.25, -0.2) is 4.57 Å². The molecule has 3 N–H and O–H groups in total. The predicted octanol–water partition coefficient (Wildman–Crippen LogP) is 11.0. The van der Waals surface area contributed by atoms with E-state index >= 15 is 0 Å². The van der Waals surface area contributed by atoms with Crippen molar-refractivity contribution in [2.75, 3.05) is 26.4 Å². The molecular formula is C40H74NO8P. The van der Waals surface area contributed by atoms with Crippen LogP contribution in [-0.4, -0.2) is 49.3 Å². The van der Waals surface area contributed by atoms with E-state index in [9.17, 15) is 19.0 Å². The van der Waals surface area contributed by atoms with E-state index < -0.39 is 32.5 Å². The van der Waals surface area contributed by atoms with Crippen molar-refractivity contribution in [3.63, 3.8) is 0 Å². The van der Waals surface area contributed by atoms with Crippen LogP contribution in [-0.2, 0) is 32.7 Å². The van der Waals surface area contributed by atoms with Gasteiger partial charge in [-0.15, -0.1) is 0 Å². The standard InChI is InChI=1S/C40H74NO8P/c1-3-5-7-9-11-13-15-17-19-21-22-24-26-28-30-32-39(42)46-36-38(37-48-50(44,45)47-35-34-41)49-40(43)33-31-29-27-25-23-20-18-16-14-12-10-8-6-4-2/h5,7,11,13,17,19,38H,3-4,6,8-10,12,14-16,18,20-37,41H2,1-2H3,(H,44,45)/b7-5-,13-11-,19-17-/t38-/m1/s1. The predicted molar refractivity (Wildman–Crippen MR) is 206 cm³/mol. The van der Waals surface area contributed by atoms with Crippen molar-refractivity contribution in [1.82, 2.24) is 0 Å². The second-order valence-electron chi connectivity index (χ2n) is 13.1. The fraction of sp³-hybridized carbons (Fsp3) is 0.800. The number of unbranched alkanes of at least 4 members (excludes halogenated alkanes) is 18. The Labute approximate surface area is 305 Å². The average Bonchev–Trinajstić information content (AvgIpc) is 3.10. The minimum Gasteiger partial charge on any atom is -0.462 e. The smallest absolute Gasteiger partial charge is 0.462 e. The Balaban J connectivity index is 4.21. The zero-order chi connectivity index (χ0) is 36.8. The molecule has 0 aromatic heterocycles. The summed E-state index contributed by atoms with van der Waals surface area (Å²) in [7, 11) is -4.37. The molecule has 0 radical (unpaired) electrons. The molecule has 10 heteroatoms. The number of hydrogen-bond donors (Lipinski definition) is 2. The Kier molecular flexibility index (Phi) is 35.7. The van der Waals surface area contributed by atoms with Crippen LogP contribution in [0, 0.1) is 0 Å². The quantitative estimate of drug-likeness (QED) is 0.0277. The van der Waals surface area contributed by atoms with Crippen LogP contribution in [0.15, 0.2) is 36.5 Å². The number of hydrogen-bond acceptors (Lipinski definition) is 8. The SMILES string of the molecule is CC/C=C\C/C=C\C/C=C\CCCCCCCC(=O)OC[C@H](COP(=O)(O)OCCN)OC(=O)CCCCCCCCCCCCCCCC. The Hall–Kier alpha value is -1.77. The van der Waals surface area contributed by atoms with Crippen LogP contribution in [0.1, 0.15) is 174 Å². The lowest BCUT2D eigenvalue weighted by Crippen LogP contribution is -2.29. The van der Waals surface area contributed by atoms with Crippen LogP contribution in [0.5, 0.6) is 0 Å². The lowest BCUT2D eigenvalue weighted by molar-refractivity contribution is -0.161. The van der Waals surface area contributed by atoms with E-state index in [1.54, 1.807) is 0 Å². The van der Waals surface area contributed by atoms with Gasteiger partial charge in [0.2, 0.25) is 0 Å². The number of ether oxygens (including phenoxy) is 2. The van der Waals surface area contributed by atoms with E-state index in [1.165, 1.54) is 70.6 Å². The van der Waals surface area contributed by atoms with Gasteiger partial charge in [-0.3, -0.25) is 18.6 Å². The lowest BCUT2D eigenvalue weighted by Gasteiger charge is -2.19. The fourth-order valence-corrected chi connectivity index (χ4v) is 6.12. The van der Waals surface area contributed by atoms with Gasteiger partial charge in [0, 0.05) is 19.4 Å². The molecule has 0 rings (SSSR count). The molecule has 0 amide bonds. The van der Waals surface area contributed by atoms with Gasteiger partial charge in [-0.1, -0.05) is 153 Å². The van der Waals surface area contributed by atoms with Gasteiger partial charge in [0.1, 0.15) is 6.61 Å². The van der Waals surface area contributed by atoms with Gasteiger partial charge < -0.3 is 20.1 Å². The normalized spacial score (nSPS) is 13.8. The molecule has 0 aliphatic carbocycles. The fourth-order valence-electron chi connectivity index (χ4n) is 5.35. The Morgan fingerprint density at radius 1 is 0.620 bits per heavy atom. The molecule has 50 heavy (non-hydrogen) atoms. The highest BCUT2D eigenvalue weighted by Crippen LogP contribution is 2.43. The summed E-state index contributed by atoms with van der Waals surface area (Å²) in [6, 6.07) is 0. The largest absolute Gasteiger partial charge is 0.472 e. The monoisotopic (exact) mass is 728 g/mol. The van der Waals surface area contributed by atoms with Crippen molar-refractivity contribution in [2.45, 2.75) is 180 Å². The third-order valence-electron chi connectivity index (χ3n) is 8.29. The van der Waals surface area contributed by atoms with Crippen LogP contribution >= 0.6 is 7.82 Å². The molecule has 0 aromatic rings. The van der Waals surface area contributed by atoms with Crippen molar-refractivity contribution in [1.29, 1.82) is 0 Å². The average molecular weight is 728 g/mol. The maximum Gasteiger partial charge on any atom is 0.472 e. The maximum absolute atomic E-state index is 12.5. The first-order valence-corrected chi connectivity index (χ1v) is 21.5. The third kappa shape index (κ3) is 36.0. The number of phosphoric acid groups is 1. The number of rotatable bonds is 37. The molecule has 0 saturated carbocycles. The molecule has 1 unspecified atom stereocenters. The van der Waals surface area contributed by atoms with Crippen molar-refractivity contribution in [2.24, 2.45) is 5.73 Å². The van der Waals surface area contributed by atoms with Crippen molar-refractivity contribution < 1.29 is 37.6 Å². The highest BCUT2D eigenvalue weighted by atomic mass is 31.2. The molecule has 0 aromatic carbocycles. The zero-order valence-electron chi connectivity index (χ0n) is 31.9. The summed E-state index contributed by atoms with van der Waals surface area (Å²) in [5, 5.41) is 0. The summed E-state index contributed by atoms with van der Waals surface area (Å²) in [5.74, 6) is -0.846. The van der Waals surface area contributed by atoms with E-state index in [-0.39, 0.29) is 32.6 Å². The topological polar surface area (TPSA) is 134 Å². The van der Waals surface area contributed by atoms with Crippen LogP contribution < -0.4 is 5.73 Å². The maximum atomic E-state index is 12.5. The summed E-state index contributed by atoms with van der Waals surface area (Å²) < 4.78 is 32.7. The molecule has 2 atom stereocenters. The van der Waals surface area contributed by atoms with Crippen molar-refractivity contribution in [3.05, 3.63) is 36.5 Å². The molecule has 0 aliphatic heterocycles. The molecule has 292 valence electrons. The van der Waals surface area contributed by atoms with Crippen molar-refractivity contribution >= 4 is 19.8 Å². The first kappa shape index (κ1) is 48.2. The van der Waals surface area contributed by atoms with Crippen LogP contribution in [0.2, 0.25) is 0 Å². The number of esters is 2. The molecular weight excluding hydrogens is 653 g/mol. The third-order valence-corrected chi connectivity index (χ3v) is 9.27. The number of phosphoric ester groups is 1. The Morgan fingerprint density at radius 2 is 1.10 bits per heavy atom. The molecule has 0 fully saturated rings. The highest BCUT2D eigenvalue weighted by molar-refractivity contribution is 7.47. The summed E-state index contributed by atoms with van der Waals surface area (Å²) >= 11 is 0. The van der Waals surface area contributed by atoms with Crippen molar-refractivity contribution in [3.8, 4) is 0 Å².